The van der Waals surface area contributed by atoms with E-state index < -0.39 is 30.2 Å². The van der Waals surface area contributed by atoms with E-state index in [1.54, 1.807) is 32.9 Å². The van der Waals surface area contributed by atoms with Gasteiger partial charge >= 0.3 is 12.1 Å². The lowest BCUT2D eigenvalue weighted by Gasteiger charge is -2.19. The van der Waals surface area contributed by atoms with Crippen molar-refractivity contribution < 1.29 is 23.9 Å². The second kappa shape index (κ2) is 11.3. The SMILES string of the molecule is Cc1cc(SC#N)cc(C)c1NC(=O)COC(=O)CCCNC(=O)OC(C)(C)C. The second-order valence-electron chi connectivity index (χ2n) is 7.37. The van der Waals surface area contributed by atoms with Crippen LogP contribution in [-0.4, -0.2) is 36.7 Å². The van der Waals surface area contributed by atoms with Crippen LogP contribution < -0.4 is 10.6 Å². The number of hydrogen-bond donors (Lipinski definition) is 2. The van der Waals surface area contributed by atoms with Gasteiger partial charge in [0.25, 0.3) is 5.91 Å². The number of benzene rings is 1. The number of esters is 1. The first-order chi connectivity index (χ1) is 13.5. The Labute approximate surface area is 175 Å². The number of thiocyanates is 1. The van der Waals surface area contributed by atoms with Crippen LogP contribution in [0.25, 0.3) is 0 Å². The standard InChI is InChI=1S/C20H27N3O5S/c1-13-9-15(29-12-21)10-14(2)18(13)23-16(24)11-27-17(25)7-6-8-22-19(26)28-20(3,4)5/h9-10H,6-8,11H2,1-5H3,(H,22,26)(H,23,24). The molecule has 0 aliphatic heterocycles. The van der Waals surface area contributed by atoms with Gasteiger partial charge in [-0.05, 0) is 76.1 Å². The first kappa shape index (κ1) is 24.3. The molecule has 0 unspecified atom stereocenters. The van der Waals surface area contributed by atoms with Crippen LogP contribution in [0.3, 0.4) is 0 Å². The second-order valence-corrected chi connectivity index (χ2v) is 8.22. The third-order valence-electron chi connectivity index (χ3n) is 3.52. The summed E-state index contributed by atoms with van der Waals surface area (Å²) in [5.74, 6) is -0.975. The smallest absolute Gasteiger partial charge is 0.407 e. The number of nitrogens with zero attached hydrogens (tertiary/aromatic N) is 1. The maximum absolute atomic E-state index is 12.1. The highest BCUT2D eigenvalue weighted by atomic mass is 32.2. The number of aryl methyl sites for hydroxylation is 2. The summed E-state index contributed by atoms with van der Waals surface area (Å²) >= 11 is 1.05. The molecule has 2 amide bonds. The van der Waals surface area contributed by atoms with Crippen LogP contribution in [0.5, 0.6) is 0 Å². The molecule has 0 aliphatic carbocycles. The molecular formula is C20H27N3O5S. The number of carbonyl (C=O) groups is 3. The third-order valence-corrected chi connectivity index (χ3v) is 4.09. The van der Waals surface area contributed by atoms with Gasteiger partial charge in [0.05, 0.1) is 0 Å². The molecule has 2 N–H and O–H groups in total. The van der Waals surface area contributed by atoms with E-state index in [9.17, 15) is 14.4 Å². The summed E-state index contributed by atoms with van der Waals surface area (Å²) in [4.78, 5) is 36.1. The molecule has 1 aromatic rings. The normalized spacial score (nSPS) is 10.6. The van der Waals surface area contributed by atoms with Crippen molar-refractivity contribution in [3.63, 3.8) is 0 Å². The van der Waals surface area contributed by atoms with Crippen LogP contribution in [0, 0.1) is 24.5 Å². The minimum absolute atomic E-state index is 0.0706. The van der Waals surface area contributed by atoms with Crippen LogP contribution in [0.4, 0.5) is 10.5 Å². The Morgan fingerprint density at radius 2 is 1.79 bits per heavy atom. The van der Waals surface area contributed by atoms with Crippen molar-refractivity contribution in [2.45, 2.75) is 58.0 Å². The summed E-state index contributed by atoms with van der Waals surface area (Å²) < 4.78 is 10.0. The number of carbonyl (C=O) groups excluding carboxylic acids is 3. The number of amides is 2. The van der Waals surface area contributed by atoms with Crippen LogP contribution in [-0.2, 0) is 19.1 Å². The molecule has 1 rings (SSSR count). The molecule has 0 aromatic heterocycles. The molecule has 0 radical (unpaired) electrons. The molecule has 0 spiro atoms. The summed E-state index contributed by atoms with van der Waals surface area (Å²) in [6.07, 6.45) is -0.105. The van der Waals surface area contributed by atoms with E-state index in [-0.39, 0.29) is 13.0 Å². The Morgan fingerprint density at radius 1 is 1.17 bits per heavy atom. The van der Waals surface area contributed by atoms with Gasteiger partial charge in [-0.2, -0.15) is 5.26 Å². The maximum Gasteiger partial charge on any atom is 0.407 e. The highest BCUT2D eigenvalue weighted by Gasteiger charge is 2.16. The van der Waals surface area contributed by atoms with Gasteiger partial charge in [0.15, 0.2) is 6.61 Å². The van der Waals surface area contributed by atoms with Crippen molar-refractivity contribution in [3.05, 3.63) is 23.3 Å². The molecule has 0 aliphatic rings. The summed E-state index contributed by atoms with van der Waals surface area (Å²) in [6.45, 7) is 8.81. The number of ether oxygens (including phenoxy) is 2. The summed E-state index contributed by atoms with van der Waals surface area (Å²) in [5.41, 5.74) is 1.68. The van der Waals surface area contributed by atoms with Crippen molar-refractivity contribution in [1.29, 1.82) is 5.26 Å². The average molecular weight is 422 g/mol. The predicted octanol–water partition coefficient (Wildman–Crippen LogP) is 3.66. The largest absolute Gasteiger partial charge is 0.456 e. The zero-order valence-electron chi connectivity index (χ0n) is 17.4. The predicted molar refractivity (Wildman–Crippen MR) is 110 cm³/mol. The van der Waals surface area contributed by atoms with E-state index in [2.05, 4.69) is 10.6 Å². The van der Waals surface area contributed by atoms with Crippen molar-refractivity contribution in [2.75, 3.05) is 18.5 Å². The fourth-order valence-electron chi connectivity index (χ4n) is 2.36. The first-order valence-corrected chi connectivity index (χ1v) is 9.93. The number of alkyl carbamates (subject to hydrolysis) is 1. The maximum atomic E-state index is 12.1. The molecule has 8 nitrogen and oxygen atoms in total. The van der Waals surface area contributed by atoms with E-state index in [0.717, 1.165) is 27.8 Å². The van der Waals surface area contributed by atoms with Crippen molar-refractivity contribution in [2.24, 2.45) is 0 Å². The van der Waals surface area contributed by atoms with Gasteiger partial charge in [-0.15, -0.1) is 0 Å². The molecular weight excluding hydrogens is 394 g/mol. The Bertz CT molecular complexity index is 773. The Balaban J connectivity index is 2.35. The number of rotatable bonds is 8. The summed E-state index contributed by atoms with van der Waals surface area (Å²) in [6, 6.07) is 3.61. The molecule has 9 heteroatoms. The molecule has 0 saturated carbocycles. The van der Waals surface area contributed by atoms with E-state index in [0.29, 0.717) is 12.1 Å². The van der Waals surface area contributed by atoms with Crippen molar-refractivity contribution in [1.82, 2.24) is 5.32 Å². The lowest BCUT2D eigenvalue weighted by atomic mass is 10.1. The van der Waals surface area contributed by atoms with Crippen molar-refractivity contribution >= 4 is 35.4 Å². The molecule has 0 atom stereocenters. The van der Waals surface area contributed by atoms with Gasteiger partial charge < -0.3 is 20.1 Å². The number of thioether (sulfide) groups is 1. The first-order valence-electron chi connectivity index (χ1n) is 9.11. The van der Waals surface area contributed by atoms with Crippen LogP contribution >= 0.6 is 11.8 Å². The van der Waals surface area contributed by atoms with E-state index in [1.165, 1.54) is 0 Å². The van der Waals surface area contributed by atoms with Crippen LogP contribution in [0.15, 0.2) is 17.0 Å². The topological polar surface area (TPSA) is 118 Å². The fraction of sp³-hybridized carbons (Fsp3) is 0.500. The van der Waals surface area contributed by atoms with Crippen LogP contribution in [0.1, 0.15) is 44.7 Å². The Hall–Kier alpha value is -2.73. The Kier molecular flexibility index (Phi) is 9.48. The minimum Gasteiger partial charge on any atom is -0.456 e. The third kappa shape index (κ3) is 9.85. The molecule has 158 valence electrons. The van der Waals surface area contributed by atoms with Gasteiger partial charge in [-0.3, -0.25) is 9.59 Å². The molecule has 0 heterocycles. The van der Waals surface area contributed by atoms with Gasteiger partial charge in [0.1, 0.15) is 11.0 Å². The zero-order valence-corrected chi connectivity index (χ0v) is 18.2. The highest BCUT2D eigenvalue weighted by Crippen LogP contribution is 2.27. The highest BCUT2D eigenvalue weighted by molar-refractivity contribution is 8.03. The molecule has 29 heavy (non-hydrogen) atoms. The van der Waals surface area contributed by atoms with Gasteiger partial charge in [0.2, 0.25) is 0 Å². The summed E-state index contributed by atoms with van der Waals surface area (Å²) in [5, 5.41) is 16.0. The summed E-state index contributed by atoms with van der Waals surface area (Å²) in [7, 11) is 0. The van der Waals surface area contributed by atoms with Crippen LogP contribution in [0.2, 0.25) is 0 Å². The van der Waals surface area contributed by atoms with Gasteiger partial charge in [-0.25, -0.2) is 4.79 Å². The Morgan fingerprint density at radius 3 is 2.34 bits per heavy atom. The van der Waals surface area contributed by atoms with Gasteiger partial charge in [-0.1, -0.05) is 0 Å². The number of nitriles is 1. The number of anilines is 1. The molecule has 0 bridgehead atoms. The molecule has 0 saturated heterocycles. The van der Waals surface area contributed by atoms with Crippen molar-refractivity contribution in [3.8, 4) is 5.40 Å². The quantitative estimate of drug-likeness (QED) is 0.285. The molecule has 1 aromatic carbocycles. The fourth-order valence-corrected chi connectivity index (χ4v) is 2.94. The van der Waals surface area contributed by atoms with E-state index >= 15 is 0 Å². The lowest BCUT2D eigenvalue weighted by Crippen LogP contribution is -2.33. The molecule has 0 fully saturated rings. The van der Waals surface area contributed by atoms with E-state index in [1.807, 2.05) is 19.2 Å². The monoisotopic (exact) mass is 421 g/mol. The van der Waals surface area contributed by atoms with E-state index in [4.69, 9.17) is 14.7 Å². The number of hydrogen-bond acceptors (Lipinski definition) is 7. The zero-order chi connectivity index (χ0) is 22.0. The number of nitrogens with one attached hydrogen (secondary N) is 2. The minimum atomic E-state index is -0.581. The lowest BCUT2D eigenvalue weighted by molar-refractivity contribution is -0.147. The average Bonchev–Trinajstić information content (AvgIpc) is 2.59. The van der Waals surface area contributed by atoms with Gasteiger partial charge in [0, 0.05) is 23.5 Å².